The van der Waals surface area contributed by atoms with Crippen LogP contribution in [-0.2, 0) is 9.84 Å². The van der Waals surface area contributed by atoms with E-state index >= 15 is 0 Å². The van der Waals surface area contributed by atoms with Crippen molar-refractivity contribution in [3.8, 4) is 11.3 Å². The summed E-state index contributed by atoms with van der Waals surface area (Å²) in [5.41, 5.74) is 4.13. The first kappa shape index (κ1) is 18.3. The number of sulfone groups is 1. The topological polar surface area (TPSA) is 76.1 Å². The number of hydrogen-bond donors (Lipinski definition) is 1. The highest BCUT2D eigenvalue weighted by atomic mass is 32.2. The molecule has 0 saturated carbocycles. The first-order valence-corrected chi connectivity index (χ1v) is 10.7. The van der Waals surface area contributed by atoms with E-state index < -0.39 is 15.7 Å². The molecule has 0 fully saturated rings. The number of amides is 1. The normalized spacial score (nSPS) is 11.3. The van der Waals surface area contributed by atoms with E-state index in [9.17, 15) is 13.2 Å². The molecule has 3 rings (SSSR count). The zero-order chi connectivity index (χ0) is 18.9. The molecule has 5 nitrogen and oxygen atoms in total. The summed E-state index contributed by atoms with van der Waals surface area (Å²) < 4.78 is 23.8. The predicted octanol–water partition coefficient (Wildman–Crippen LogP) is 4.08. The molecule has 0 unspecified atom stereocenters. The molecule has 1 heterocycles. The van der Waals surface area contributed by atoms with Crippen LogP contribution in [0.25, 0.3) is 11.3 Å². The Kier molecular flexibility index (Phi) is 4.93. The highest BCUT2D eigenvalue weighted by Gasteiger charge is 2.19. The number of nitrogens with zero attached hydrogens (tertiary/aromatic N) is 1. The summed E-state index contributed by atoms with van der Waals surface area (Å²) >= 11 is 1.30. The van der Waals surface area contributed by atoms with E-state index in [-0.39, 0.29) is 10.5 Å². The second-order valence-electron chi connectivity index (χ2n) is 6.08. The van der Waals surface area contributed by atoms with Gasteiger partial charge in [-0.2, -0.15) is 0 Å². The van der Waals surface area contributed by atoms with Crippen molar-refractivity contribution in [3.05, 3.63) is 64.5 Å². The first-order valence-electron chi connectivity index (χ1n) is 7.89. The zero-order valence-electron chi connectivity index (χ0n) is 14.6. The number of carbonyl (C=O) groups is 1. The van der Waals surface area contributed by atoms with Gasteiger partial charge in [0.25, 0.3) is 5.91 Å². The summed E-state index contributed by atoms with van der Waals surface area (Å²) in [7, 11) is -3.50. The van der Waals surface area contributed by atoms with Gasteiger partial charge in [-0.15, -0.1) is 11.3 Å². The minimum atomic E-state index is -3.50. The molecule has 0 spiro atoms. The number of carbonyl (C=O) groups excluding carboxylic acids is 1. The van der Waals surface area contributed by atoms with Gasteiger partial charge in [0.1, 0.15) is 0 Å². The van der Waals surface area contributed by atoms with E-state index in [2.05, 4.69) is 16.4 Å². The van der Waals surface area contributed by atoms with Crippen molar-refractivity contribution in [1.29, 1.82) is 0 Å². The molecule has 134 valence electrons. The molecular formula is C19H18N2O3S2. The van der Waals surface area contributed by atoms with Gasteiger partial charge in [-0.1, -0.05) is 29.8 Å². The monoisotopic (exact) mass is 386 g/mol. The van der Waals surface area contributed by atoms with Gasteiger partial charge in [0.05, 0.1) is 16.2 Å². The molecule has 26 heavy (non-hydrogen) atoms. The number of thiazole rings is 1. The zero-order valence-corrected chi connectivity index (χ0v) is 16.2. The predicted molar refractivity (Wildman–Crippen MR) is 105 cm³/mol. The maximum atomic E-state index is 12.5. The van der Waals surface area contributed by atoms with Gasteiger partial charge < -0.3 is 0 Å². The molecule has 0 aliphatic rings. The Labute approximate surface area is 156 Å². The van der Waals surface area contributed by atoms with Crippen molar-refractivity contribution in [3.63, 3.8) is 0 Å². The lowest BCUT2D eigenvalue weighted by Gasteiger charge is -2.07. The van der Waals surface area contributed by atoms with Crippen LogP contribution in [-0.4, -0.2) is 25.6 Å². The summed E-state index contributed by atoms with van der Waals surface area (Å²) in [5, 5.41) is 5.00. The summed E-state index contributed by atoms with van der Waals surface area (Å²) in [6.07, 6.45) is 1.08. The first-order chi connectivity index (χ1) is 12.3. The average Bonchev–Trinajstić information content (AvgIpc) is 3.04. The number of aromatic nitrogens is 1. The maximum Gasteiger partial charge on any atom is 0.258 e. The van der Waals surface area contributed by atoms with Crippen molar-refractivity contribution >= 4 is 32.2 Å². The third-order valence-electron chi connectivity index (χ3n) is 3.92. The smallest absolute Gasteiger partial charge is 0.258 e. The van der Waals surface area contributed by atoms with Crippen molar-refractivity contribution < 1.29 is 13.2 Å². The minimum absolute atomic E-state index is 0.00353. The van der Waals surface area contributed by atoms with Gasteiger partial charge in [0, 0.05) is 17.2 Å². The summed E-state index contributed by atoms with van der Waals surface area (Å²) in [5.74, 6) is -0.493. The fourth-order valence-corrected chi connectivity index (χ4v) is 4.20. The number of benzene rings is 2. The van der Waals surface area contributed by atoms with Crippen LogP contribution < -0.4 is 5.32 Å². The molecule has 1 aromatic heterocycles. The van der Waals surface area contributed by atoms with E-state index in [1.54, 1.807) is 12.1 Å². The molecule has 0 aliphatic heterocycles. The van der Waals surface area contributed by atoms with Crippen molar-refractivity contribution in [2.45, 2.75) is 18.7 Å². The Morgan fingerprint density at radius 3 is 2.58 bits per heavy atom. The second-order valence-corrected chi connectivity index (χ2v) is 8.92. The molecule has 1 amide bonds. The van der Waals surface area contributed by atoms with Gasteiger partial charge in [-0.25, -0.2) is 13.4 Å². The standard InChI is InChI=1S/C19H18N2O3S2/c1-12-8-9-13(2)15(10-12)16-11-25-19(20-16)21-18(22)14-6-4-5-7-17(14)26(3,23)24/h4-11H,1-3H3,(H,20,21,22). The van der Waals surface area contributed by atoms with E-state index in [0.717, 1.165) is 28.6 Å². The molecule has 0 saturated heterocycles. The minimum Gasteiger partial charge on any atom is -0.298 e. The van der Waals surface area contributed by atoms with Crippen LogP contribution in [0.2, 0.25) is 0 Å². The molecule has 0 atom stereocenters. The van der Waals surface area contributed by atoms with E-state index in [1.807, 2.05) is 31.4 Å². The molecular weight excluding hydrogens is 368 g/mol. The lowest BCUT2D eigenvalue weighted by molar-refractivity contribution is 0.102. The number of nitrogens with one attached hydrogen (secondary N) is 1. The second kappa shape index (κ2) is 7.01. The maximum absolute atomic E-state index is 12.5. The lowest BCUT2D eigenvalue weighted by Crippen LogP contribution is -2.15. The summed E-state index contributed by atoms with van der Waals surface area (Å²) in [6, 6.07) is 12.3. The van der Waals surface area contributed by atoms with Crippen LogP contribution in [0, 0.1) is 13.8 Å². The van der Waals surface area contributed by atoms with Crippen molar-refractivity contribution in [1.82, 2.24) is 4.98 Å². The molecule has 7 heteroatoms. The van der Waals surface area contributed by atoms with Gasteiger partial charge in [-0.3, -0.25) is 10.1 Å². The molecule has 2 aromatic carbocycles. The van der Waals surface area contributed by atoms with E-state index in [4.69, 9.17) is 0 Å². The van der Waals surface area contributed by atoms with Crippen molar-refractivity contribution in [2.24, 2.45) is 0 Å². The van der Waals surface area contributed by atoms with Gasteiger partial charge >= 0.3 is 0 Å². The van der Waals surface area contributed by atoms with Gasteiger partial charge in [0.2, 0.25) is 0 Å². The van der Waals surface area contributed by atoms with Gasteiger partial charge in [-0.05, 0) is 37.6 Å². The Bertz CT molecular complexity index is 1090. The third kappa shape index (κ3) is 3.84. The molecule has 0 radical (unpaired) electrons. The fraction of sp³-hybridized carbons (Fsp3) is 0.158. The number of anilines is 1. The largest absolute Gasteiger partial charge is 0.298 e. The molecule has 3 aromatic rings. The highest BCUT2D eigenvalue weighted by molar-refractivity contribution is 7.90. The summed E-state index contributed by atoms with van der Waals surface area (Å²) in [6.45, 7) is 4.02. The third-order valence-corrected chi connectivity index (χ3v) is 5.84. The van der Waals surface area contributed by atoms with Crippen LogP contribution >= 0.6 is 11.3 Å². The SMILES string of the molecule is Cc1ccc(C)c(-c2csc(NC(=O)c3ccccc3S(C)(=O)=O)n2)c1. The molecule has 0 bridgehead atoms. The Balaban J connectivity index is 1.89. The van der Waals surface area contributed by atoms with Crippen LogP contribution in [0.4, 0.5) is 5.13 Å². The lowest BCUT2D eigenvalue weighted by atomic mass is 10.0. The Hall–Kier alpha value is -2.51. The van der Waals surface area contributed by atoms with Gasteiger partial charge in [0.15, 0.2) is 15.0 Å². The number of rotatable bonds is 4. The van der Waals surface area contributed by atoms with E-state index in [0.29, 0.717) is 5.13 Å². The Morgan fingerprint density at radius 1 is 1.12 bits per heavy atom. The summed E-state index contributed by atoms with van der Waals surface area (Å²) in [4.78, 5) is 17.0. The number of hydrogen-bond acceptors (Lipinski definition) is 5. The molecule has 1 N–H and O–H groups in total. The van der Waals surface area contributed by atoms with E-state index in [1.165, 1.54) is 23.5 Å². The molecule has 0 aliphatic carbocycles. The van der Waals surface area contributed by atoms with Crippen LogP contribution in [0.15, 0.2) is 52.7 Å². The fourth-order valence-electron chi connectivity index (χ4n) is 2.61. The highest BCUT2D eigenvalue weighted by Crippen LogP contribution is 2.28. The van der Waals surface area contributed by atoms with Crippen molar-refractivity contribution in [2.75, 3.05) is 11.6 Å². The average molecular weight is 386 g/mol. The van der Waals surface area contributed by atoms with Crippen LogP contribution in [0.5, 0.6) is 0 Å². The van der Waals surface area contributed by atoms with Crippen LogP contribution in [0.1, 0.15) is 21.5 Å². The quantitative estimate of drug-likeness (QED) is 0.733. The Morgan fingerprint density at radius 2 is 1.85 bits per heavy atom. The van der Waals surface area contributed by atoms with Crippen LogP contribution in [0.3, 0.4) is 0 Å². The number of aryl methyl sites for hydroxylation is 2.